The molecule has 1 N–H and O–H groups in total. The van der Waals surface area contributed by atoms with Crippen molar-refractivity contribution in [3.63, 3.8) is 0 Å². The highest BCUT2D eigenvalue weighted by atomic mass is 16.5. The van der Waals surface area contributed by atoms with Gasteiger partial charge in [0.05, 0.1) is 25.8 Å². The van der Waals surface area contributed by atoms with Crippen LogP contribution in [0.2, 0.25) is 0 Å². The summed E-state index contributed by atoms with van der Waals surface area (Å²) in [6.45, 7) is 0. The molecular weight excluding hydrogens is 394 g/mol. The summed E-state index contributed by atoms with van der Waals surface area (Å²) in [6, 6.07) is 22.0. The van der Waals surface area contributed by atoms with Gasteiger partial charge in [0.25, 0.3) is 11.7 Å². The molecule has 6 nitrogen and oxygen atoms in total. The molecule has 1 unspecified atom stereocenters. The van der Waals surface area contributed by atoms with E-state index >= 15 is 0 Å². The van der Waals surface area contributed by atoms with E-state index in [4.69, 9.17) is 9.47 Å². The number of carbonyl (C=O) groups excluding carboxylic acids is 2. The molecule has 3 aromatic carbocycles. The number of ketones is 1. The predicted molar refractivity (Wildman–Crippen MR) is 117 cm³/mol. The van der Waals surface area contributed by atoms with Gasteiger partial charge in [-0.1, -0.05) is 54.6 Å². The molecule has 1 saturated heterocycles. The van der Waals surface area contributed by atoms with Crippen LogP contribution >= 0.6 is 0 Å². The van der Waals surface area contributed by atoms with Crippen molar-refractivity contribution in [2.45, 2.75) is 6.04 Å². The normalized spacial score (nSPS) is 17.6. The fourth-order valence-electron chi connectivity index (χ4n) is 3.78. The van der Waals surface area contributed by atoms with Crippen molar-refractivity contribution in [1.82, 2.24) is 0 Å². The topological polar surface area (TPSA) is 76.1 Å². The lowest BCUT2D eigenvalue weighted by Gasteiger charge is -2.26. The Labute approximate surface area is 180 Å². The molecule has 31 heavy (non-hydrogen) atoms. The number of anilines is 1. The zero-order chi connectivity index (χ0) is 22.0. The minimum Gasteiger partial charge on any atom is -0.507 e. The Bertz CT molecular complexity index is 1160. The molecule has 0 bridgehead atoms. The largest absolute Gasteiger partial charge is 0.507 e. The zero-order valence-corrected chi connectivity index (χ0v) is 17.1. The average Bonchev–Trinajstić information content (AvgIpc) is 3.09. The van der Waals surface area contributed by atoms with E-state index < -0.39 is 17.7 Å². The van der Waals surface area contributed by atoms with Crippen LogP contribution in [0, 0.1) is 0 Å². The van der Waals surface area contributed by atoms with Crippen LogP contribution in [0.4, 0.5) is 5.69 Å². The molecule has 1 atom stereocenters. The number of methoxy groups -OCH3 is 2. The third-order valence-electron chi connectivity index (χ3n) is 5.25. The van der Waals surface area contributed by atoms with Gasteiger partial charge in [0.2, 0.25) is 0 Å². The maximum atomic E-state index is 13.1. The summed E-state index contributed by atoms with van der Waals surface area (Å²) >= 11 is 0. The molecule has 4 rings (SSSR count). The smallest absolute Gasteiger partial charge is 0.300 e. The first kappa shape index (κ1) is 20.2. The van der Waals surface area contributed by atoms with E-state index in [2.05, 4.69) is 0 Å². The van der Waals surface area contributed by atoms with Gasteiger partial charge in [-0.05, 0) is 29.8 Å². The van der Waals surface area contributed by atoms with Gasteiger partial charge in [-0.2, -0.15) is 0 Å². The van der Waals surface area contributed by atoms with Crippen LogP contribution in [0.3, 0.4) is 0 Å². The highest BCUT2D eigenvalue weighted by Crippen LogP contribution is 2.43. The van der Waals surface area contributed by atoms with Crippen molar-refractivity contribution in [3.05, 3.63) is 95.6 Å². The minimum atomic E-state index is -0.831. The van der Waals surface area contributed by atoms with Crippen LogP contribution in [-0.4, -0.2) is 31.0 Å². The lowest BCUT2D eigenvalue weighted by molar-refractivity contribution is -0.132. The maximum absolute atomic E-state index is 13.1. The number of hydrogen-bond donors (Lipinski definition) is 1. The molecule has 1 heterocycles. The zero-order valence-electron chi connectivity index (χ0n) is 17.1. The van der Waals surface area contributed by atoms with Gasteiger partial charge in [0.1, 0.15) is 5.76 Å². The number of nitrogens with zero attached hydrogens (tertiary/aromatic N) is 1. The summed E-state index contributed by atoms with van der Waals surface area (Å²) < 4.78 is 10.7. The van der Waals surface area contributed by atoms with E-state index in [1.807, 2.05) is 12.1 Å². The predicted octanol–water partition coefficient (Wildman–Crippen LogP) is 4.33. The van der Waals surface area contributed by atoms with Gasteiger partial charge in [0, 0.05) is 11.3 Å². The number of para-hydroxylation sites is 1. The molecule has 0 aromatic heterocycles. The number of hydrogen-bond acceptors (Lipinski definition) is 5. The van der Waals surface area contributed by atoms with E-state index in [9.17, 15) is 14.7 Å². The van der Waals surface area contributed by atoms with Crippen LogP contribution < -0.4 is 14.4 Å². The number of benzene rings is 3. The van der Waals surface area contributed by atoms with E-state index in [1.165, 1.54) is 19.1 Å². The first-order chi connectivity index (χ1) is 15.1. The third-order valence-corrected chi connectivity index (χ3v) is 5.25. The monoisotopic (exact) mass is 415 g/mol. The molecular formula is C25H21NO5. The number of carbonyl (C=O) groups is 2. The number of aliphatic hydroxyl groups excluding tert-OH is 1. The second-order valence-electron chi connectivity index (χ2n) is 6.99. The fraction of sp³-hybridized carbons (Fsp3) is 0.120. The molecule has 1 aliphatic heterocycles. The minimum absolute atomic E-state index is 0.0206. The molecule has 1 amide bonds. The SMILES string of the molecule is COc1ccc(C2C(=C(O)c3ccccc3)C(=O)C(=O)N2c2ccccc2)cc1OC. The molecule has 0 aliphatic carbocycles. The van der Waals surface area contributed by atoms with Crippen molar-refractivity contribution in [2.24, 2.45) is 0 Å². The summed E-state index contributed by atoms with van der Waals surface area (Å²) in [4.78, 5) is 27.6. The summed E-state index contributed by atoms with van der Waals surface area (Å²) in [7, 11) is 3.04. The van der Waals surface area contributed by atoms with E-state index in [1.54, 1.807) is 66.7 Å². The number of amides is 1. The molecule has 1 aliphatic rings. The quantitative estimate of drug-likeness (QED) is 0.381. The van der Waals surface area contributed by atoms with Crippen molar-refractivity contribution in [3.8, 4) is 11.5 Å². The Morgan fingerprint density at radius 1 is 0.839 bits per heavy atom. The number of ether oxygens (including phenoxy) is 2. The van der Waals surface area contributed by atoms with Gasteiger partial charge < -0.3 is 14.6 Å². The fourth-order valence-corrected chi connectivity index (χ4v) is 3.78. The summed E-state index contributed by atoms with van der Waals surface area (Å²) in [5.41, 5.74) is 1.64. The van der Waals surface area contributed by atoms with Crippen molar-refractivity contribution in [1.29, 1.82) is 0 Å². The average molecular weight is 415 g/mol. The Kier molecular flexibility index (Phi) is 5.45. The van der Waals surface area contributed by atoms with Gasteiger partial charge >= 0.3 is 0 Å². The standard InChI is InChI=1S/C25H21NO5/c1-30-19-14-13-17(15-20(19)31-2)22-21(23(27)16-9-5-3-6-10-16)24(28)25(29)26(22)18-11-7-4-8-12-18/h3-15,22,27H,1-2H3. The highest BCUT2D eigenvalue weighted by Gasteiger charge is 2.47. The summed E-state index contributed by atoms with van der Waals surface area (Å²) in [5.74, 6) is -0.699. The van der Waals surface area contributed by atoms with Gasteiger partial charge in [-0.15, -0.1) is 0 Å². The summed E-state index contributed by atoms with van der Waals surface area (Å²) in [6.07, 6.45) is 0. The van der Waals surface area contributed by atoms with Gasteiger partial charge in [0.15, 0.2) is 11.5 Å². The molecule has 0 spiro atoms. The summed E-state index contributed by atoms with van der Waals surface area (Å²) in [5, 5.41) is 11.1. The number of Topliss-reactive ketones (excluding diaryl/α,β-unsaturated/α-hetero) is 1. The Balaban J connectivity index is 1.96. The maximum Gasteiger partial charge on any atom is 0.300 e. The van der Waals surface area contributed by atoms with Crippen LogP contribution in [-0.2, 0) is 9.59 Å². The molecule has 1 fully saturated rings. The first-order valence-electron chi connectivity index (χ1n) is 9.70. The van der Waals surface area contributed by atoms with E-state index in [0.29, 0.717) is 28.3 Å². The van der Waals surface area contributed by atoms with E-state index in [-0.39, 0.29) is 11.3 Å². The molecule has 156 valence electrons. The second kappa shape index (κ2) is 8.36. The third kappa shape index (κ3) is 3.53. The van der Waals surface area contributed by atoms with Crippen LogP contribution in [0.15, 0.2) is 84.4 Å². The van der Waals surface area contributed by atoms with Crippen molar-refractivity contribution >= 4 is 23.1 Å². The molecule has 0 saturated carbocycles. The van der Waals surface area contributed by atoms with Gasteiger partial charge in [-0.25, -0.2) is 0 Å². The number of aliphatic hydroxyl groups is 1. The van der Waals surface area contributed by atoms with Crippen LogP contribution in [0.1, 0.15) is 17.2 Å². The highest BCUT2D eigenvalue weighted by molar-refractivity contribution is 6.51. The number of rotatable bonds is 5. The van der Waals surface area contributed by atoms with Gasteiger partial charge in [-0.3, -0.25) is 14.5 Å². The second-order valence-corrected chi connectivity index (χ2v) is 6.99. The Morgan fingerprint density at radius 2 is 1.45 bits per heavy atom. The van der Waals surface area contributed by atoms with Crippen LogP contribution in [0.25, 0.3) is 5.76 Å². The van der Waals surface area contributed by atoms with Crippen molar-refractivity contribution < 1.29 is 24.2 Å². The van der Waals surface area contributed by atoms with Crippen LogP contribution in [0.5, 0.6) is 11.5 Å². The molecule has 6 heteroatoms. The molecule has 3 aromatic rings. The Morgan fingerprint density at radius 3 is 2.06 bits per heavy atom. The first-order valence-corrected chi connectivity index (χ1v) is 9.70. The van der Waals surface area contributed by atoms with Crippen molar-refractivity contribution in [2.75, 3.05) is 19.1 Å². The lowest BCUT2D eigenvalue weighted by atomic mass is 9.94. The van der Waals surface area contributed by atoms with E-state index in [0.717, 1.165) is 0 Å². The Hall–Kier alpha value is -4.06. The lowest BCUT2D eigenvalue weighted by Crippen LogP contribution is -2.29. The molecule has 0 radical (unpaired) electrons.